The lowest BCUT2D eigenvalue weighted by Crippen LogP contribution is -2.50. The van der Waals surface area contributed by atoms with Crippen LogP contribution in [0.15, 0.2) is 66.0 Å². The molecule has 0 aliphatic carbocycles. The third kappa shape index (κ3) is 8.57. The number of ether oxygens (including phenoxy) is 1. The Morgan fingerprint density at radius 3 is 2.45 bits per heavy atom. The van der Waals surface area contributed by atoms with Crippen molar-refractivity contribution in [2.45, 2.75) is 56.5 Å². The number of hydrogen-bond donors (Lipinski definition) is 4. The number of aromatic amines is 1. The lowest BCUT2D eigenvalue weighted by molar-refractivity contribution is -0.156. The van der Waals surface area contributed by atoms with Crippen LogP contribution in [0, 0.1) is 0 Å². The van der Waals surface area contributed by atoms with E-state index in [1.807, 2.05) is 0 Å². The second-order valence-corrected chi connectivity index (χ2v) is 12.5. The summed E-state index contributed by atoms with van der Waals surface area (Å²) < 4.78 is 74.0. The second kappa shape index (κ2) is 13.1. The Hall–Kier alpha value is -4.44. The number of esters is 1. The van der Waals surface area contributed by atoms with E-state index in [9.17, 15) is 31.2 Å². The molecule has 12 nitrogen and oxygen atoms in total. The van der Waals surface area contributed by atoms with Gasteiger partial charge in [0.25, 0.3) is 5.91 Å². The molecule has 0 saturated heterocycles. The highest BCUT2D eigenvalue weighted by Gasteiger charge is 2.33. The fourth-order valence-electron chi connectivity index (χ4n) is 4.13. The van der Waals surface area contributed by atoms with Crippen molar-refractivity contribution in [1.82, 2.24) is 29.8 Å². The zero-order valence-corrected chi connectivity index (χ0v) is 24.9. The van der Waals surface area contributed by atoms with Crippen LogP contribution in [-0.2, 0) is 32.3 Å². The molecule has 0 saturated carbocycles. The van der Waals surface area contributed by atoms with Crippen molar-refractivity contribution >= 4 is 38.8 Å². The van der Waals surface area contributed by atoms with Crippen LogP contribution in [0.3, 0.4) is 0 Å². The first kappa shape index (κ1) is 32.5. The standard InChI is InChI=1S/C28H32F3N7O5S/c1-27(2,3)43-25(40)22(37-44(41,42)21-8-6-20(7-9-21)28(29,30)31)17-35-24(39)18-5-10-23-19(15-18)16-36-38(23)14-4-11-32-26-33-12-13-34-26/h5-10,12-13,15-16,22,37H,4,11,14,17H2,1-3H3,(H,35,39)(H2,32,33,34)/t22-/m0/s1. The maximum atomic E-state index is 13.0. The summed E-state index contributed by atoms with van der Waals surface area (Å²) in [4.78, 5) is 32.5. The number of alkyl halides is 3. The molecule has 0 fully saturated rings. The zero-order valence-electron chi connectivity index (χ0n) is 24.1. The molecule has 16 heteroatoms. The van der Waals surface area contributed by atoms with Crippen molar-refractivity contribution in [2.24, 2.45) is 0 Å². The largest absolute Gasteiger partial charge is 0.459 e. The number of fused-ring (bicyclic) bond motifs is 1. The number of carbonyl (C=O) groups is 2. The zero-order chi connectivity index (χ0) is 32.1. The number of nitrogens with zero attached hydrogens (tertiary/aromatic N) is 3. The molecule has 4 aromatic rings. The number of sulfonamides is 1. The lowest BCUT2D eigenvalue weighted by atomic mass is 10.1. The van der Waals surface area contributed by atoms with Gasteiger partial charge in [-0.15, -0.1) is 0 Å². The molecule has 1 amide bonds. The topological polar surface area (TPSA) is 160 Å². The molecule has 2 aromatic carbocycles. The average molecular weight is 636 g/mol. The summed E-state index contributed by atoms with van der Waals surface area (Å²) in [5.41, 5.74) is -0.975. The highest BCUT2D eigenvalue weighted by molar-refractivity contribution is 7.89. The van der Waals surface area contributed by atoms with E-state index in [0.29, 0.717) is 36.6 Å². The van der Waals surface area contributed by atoms with Crippen LogP contribution in [0.2, 0.25) is 0 Å². The van der Waals surface area contributed by atoms with Crippen molar-refractivity contribution in [1.29, 1.82) is 0 Å². The van der Waals surface area contributed by atoms with E-state index in [1.165, 1.54) is 0 Å². The summed E-state index contributed by atoms with van der Waals surface area (Å²) >= 11 is 0. The van der Waals surface area contributed by atoms with Gasteiger partial charge in [0.2, 0.25) is 10.0 Å². The number of amides is 1. The molecule has 236 valence electrons. The van der Waals surface area contributed by atoms with Crippen molar-refractivity contribution in [3.63, 3.8) is 0 Å². The Morgan fingerprint density at radius 2 is 1.82 bits per heavy atom. The van der Waals surface area contributed by atoms with Gasteiger partial charge >= 0.3 is 12.1 Å². The molecule has 1 atom stereocenters. The van der Waals surface area contributed by atoms with Crippen LogP contribution in [0.25, 0.3) is 10.9 Å². The van der Waals surface area contributed by atoms with Gasteiger partial charge in [0.1, 0.15) is 11.6 Å². The quantitative estimate of drug-likeness (QED) is 0.135. The molecule has 44 heavy (non-hydrogen) atoms. The number of aryl methyl sites for hydroxylation is 1. The van der Waals surface area contributed by atoms with Gasteiger partial charge in [0.05, 0.1) is 22.2 Å². The highest BCUT2D eigenvalue weighted by Crippen LogP contribution is 2.29. The van der Waals surface area contributed by atoms with E-state index in [2.05, 4.69) is 30.4 Å². The Labute approximate surface area is 251 Å². The Morgan fingerprint density at radius 1 is 1.09 bits per heavy atom. The van der Waals surface area contributed by atoms with E-state index in [4.69, 9.17) is 4.74 Å². The summed E-state index contributed by atoms with van der Waals surface area (Å²) in [6, 6.07) is 6.14. The molecule has 0 bridgehead atoms. The maximum Gasteiger partial charge on any atom is 0.416 e. The number of imidazole rings is 1. The molecule has 0 spiro atoms. The van der Waals surface area contributed by atoms with Gasteiger partial charge in [-0.3, -0.25) is 14.3 Å². The van der Waals surface area contributed by atoms with Crippen LogP contribution < -0.4 is 15.4 Å². The summed E-state index contributed by atoms with van der Waals surface area (Å²) in [5, 5.41) is 10.8. The van der Waals surface area contributed by atoms with Crippen molar-refractivity contribution in [3.05, 3.63) is 72.2 Å². The number of hydrogen-bond acceptors (Lipinski definition) is 8. The number of rotatable bonds is 12. The Kier molecular flexibility index (Phi) is 9.63. The fourth-order valence-corrected chi connectivity index (χ4v) is 5.31. The maximum absolute atomic E-state index is 13.0. The minimum absolute atomic E-state index is 0.241. The fraction of sp³-hybridized carbons (Fsp3) is 0.357. The van der Waals surface area contributed by atoms with Crippen molar-refractivity contribution in [3.8, 4) is 0 Å². The predicted octanol–water partition coefficient (Wildman–Crippen LogP) is 3.70. The minimum atomic E-state index is -4.65. The van der Waals surface area contributed by atoms with Crippen LogP contribution >= 0.6 is 0 Å². The third-order valence-corrected chi connectivity index (χ3v) is 7.68. The van der Waals surface area contributed by atoms with Gasteiger partial charge in [-0.2, -0.15) is 23.0 Å². The van der Waals surface area contributed by atoms with E-state index in [1.54, 1.807) is 62.2 Å². The SMILES string of the molecule is CC(C)(C)OC(=O)[C@H](CNC(=O)c1ccc2c(cnn2CCCNc2ncc[nH]2)c1)NS(=O)(=O)c1ccc(C(F)(F)F)cc1. The molecule has 0 radical (unpaired) electrons. The first-order chi connectivity index (χ1) is 20.6. The Bertz CT molecular complexity index is 1700. The summed E-state index contributed by atoms with van der Waals surface area (Å²) in [5.74, 6) is -0.900. The summed E-state index contributed by atoms with van der Waals surface area (Å²) in [6.45, 7) is 5.52. The molecule has 2 aromatic heterocycles. The molecule has 4 rings (SSSR count). The third-order valence-electron chi connectivity index (χ3n) is 6.19. The molecule has 0 aliphatic rings. The molecular formula is C28H32F3N7O5S. The summed E-state index contributed by atoms with van der Waals surface area (Å²) in [6.07, 6.45) is 1.09. The van der Waals surface area contributed by atoms with Gasteiger partial charge in [-0.25, -0.2) is 13.4 Å². The lowest BCUT2D eigenvalue weighted by Gasteiger charge is -2.24. The first-order valence-corrected chi connectivity index (χ1v) is 15.0. The number of aromatic nitrogens is 4. The van der Waals surface area contributed by atoms with Gasteiger partial charge in [-0.05, 0) is 69.7 Å². The first-order valence-electron chi connectivity index (χ1n) is 13.5. The van der Waals surface area contributed by atoms with Gasteiger partial charge in [-0.1, -0.05) is 0 Å². The number of benzene rings is 2. The molecule has 0 unspecified atom stereocenters. The number of nitrogens with one attached hydrogen (secondary N) is 4. The van der Waals surface area contributed by atoms with Crippen molar-refractivity contribution in [2.75, 3.05) is 18.4 Å². The summed E-state index contributed by atoms with van der Waals surface area (Å²) in [7, 11) is -4.47. The molecule has 4 N–H and O–H groups in total. The van der Waals surface area contributed by atoms with Gasteiger partial charge in [0.15, 0.2) is 5.95 Å². The van der Waals surface area contributed by atoms with Gasteiger partial charge < -0.3 is 20.4 Å². The smallest absolute Gasteiger partial charge is 0.416 e. The predicted molar refractivity (Wildman–Crippen MR) is 155 cm³/mol. The molecular weight excluding hydrogens is 603 g/mol. The second-order valence-electron chi connectivity index (χ2n) is 10.8. The Balaban J connectivity index is 1.42. The number of halogens is 3. The van der Waals surface area contributed by atoms with Crippen LogP contribution in [0.1, 0.15) is 43.1 Å². The molecule has 0 aliphatic heterocycles. The monoisotopic (exact) mass is 635 g/mol. The van der Waals surface area contributed by atoms with Crippen LogP contribution in [0.5, 0.6) is 0 Å². The van der Waals surface area contributed by atoms with Gasteiger partial charge in [0, 0.05) is 43.0 Å². The van der Waals surface area contributed by atoms with E-state index in [-0.39, 0.29) is 5.56 Å². The van der Waals surface area contributed by atoms with Crippen LogP contribution in [0.4, 0.5) is 19.1 Å². The van der Waals surface area contributed by atoms with E-state index in [0.717, 1.165) is 24.1 Å². The van der Waals surface area contributed by atoms with Crippen LogP contribution in [-0.4, -0.2) is 64.8 Å². The highest BCUT2D eigenvalue weighted by atomic mass is 32.2. The van der Waals surface area contributed by atoms with Crippen molar-refractivity contribution < 1.29 is 35.9 Å². The average Bonchev–Trinajstić information content (AvgIpc) is 3.61. The van der Waals surface area contributed by atoms with E-state index >= 15 is 0 Å². The normalized spacial score (nSPS) is 13.0. The number of H-pyrrole nitrogens is 1. The number of carbonyl (C=O) groups excluding carboxylic acids is 2. The number of anilines is 1. The molecule has 2 heterocycles. The van der Waals surface area contributed by atoms with E-state index < -0.39 is 56.7 Å². The minimum Gasteiger partial charge on any atom is -0.459 e.